The highest BCUT2D eigenvalue weighted by atomic mass is 32.1. The molecule has 2 nitrogen and oxygen atoms in total. The van der Waals surface area contributed by atoms with Crippen molar-refractivity contribution in [1.29, 1.82) is 0 Å². The maximum absolute atomic E-state index is 10.5. The van der Waals surface area contributed by atoms with Crippen LogP contribution in [-0.4, -0.2) is 10.3 Å². The summed E-state index contributed by atoms with van der Waals surface area (Å²) in [7, 11) is 0. The van der Waals surface area contributed by atoms with E-state index in [0.29, 0.717) is 0 Å². The average molecular weight is 243 g/mol. The Morgan fingerprint density at radius 1 is 1.29 bits per heavy atom. The SMILES string of the molecule is CC12c3ccccc3C(Cc3sccc31)N2O. The molecule has 0 radical (unpaired) electrons. The highest BCUT2D eigenvalue weighted by molar-refractivity contribution is 7.10. The number of rotatable bonds is 0. The van der Waals surface area contributed by atoms with Crippen LogP contribution in [0.25, 0.3) is 0 Å². The fourth-order valence-electron chi connectivity index (χ4n) is 3.37. The Kier molecular flexibility index (Phi) is 1.73. The highest BCUT2D eigenvalue weighted by Crippen LogP contribution is 2.55. The third-order valence-electron chi connectivity index (χ3n) is 4.25. The van der Waals surface area contributed by atoms with Gasteiger partial charge >= 0.3 is 0 Å². The first-order valence-corrected chi connectivity index (χ1v) is 6.75. The maximum Gasteiger partial charge on any atom is 0.0950 e. The van der Waals surface area contributed by atoms with E-state index in [2.05, 4.69) is 42.6 Å². The summed E-state index contributed by atoms with van der Waals surface area (Å²) in [4.78, 5) is 1.42. The number of nitrogens with zero attached hydrogens (tertiary/aromatic N) is 1. The lowest BCUT2D eigenvalue weighted by molar-refractivity contribution is -0.182. The molecule has 2 bridgehead atoms. The first-order valence-electron chi connectivity index (χ1n) is 5.87. The van der Waals surface area contributed by atoms with Gasteiger partial charge in [0.25, 0.3) is 0 Å². The molecule has 0 spiro atoms. The van der Waals surface area contributed by atoms with Gasteiger partial charge in [0, 0.05) is 11.3 Å². The largest absolute Gasteiger partial charge is 0.312 e. The maximum atomic E-state index is 10.5. The summed E-state index contributed by atoms with van der Waals surface area (Å²) in [6, 6.07) is 10.7. The molecule has 0 amide bonds. The molecular weight excluding hydrogens is 230 g/mol. The molecule has 0 aliphatic carbocycles. The fraction of sp³-hybridized carbons (Fsp3) is 0.286. The molecule has 0 saturated carbocycles. The Morgan fingerprint density at radius 3 is 3.00 bits per heavy atom. The number of benzene rings is 1. The van der Waals surface area contributed by atoms with Crippen LogP contribution in [-0.2, 0) is 12.0 Å². The van der Waals surface area contributed by atoms with Crippen LogP contribution in [0.4, 0.5) is 0 Å². The molecule has 2 aliphatic heterocycles. The summed E-state index contributed by atoms with van der Waals surface area (Å²) < 4.78 is 0. The molecule has 1 aromatic heterocycles. The van der Waals surface area contributed by atoms with Crippen molar-refractivity contribution >= 4 is 11.3 Å². The van der Waals surface area contributed by atoms with Crippen molar-refractivity contribution in [2.45, 2.75) is 24.9 Å². The van der Waals surface area contributed by atoms with Gasteiger partial charge in [-0.25, -0.2) is 0 Å². The van der Waals surface area contributed by atoms with Crippen molar-refractivity contribution in [3.05, 3.63) is 57.3 Å². The standard InChI is InChI=1S/C14H13NOS/c1-14-10-5-3-2-4-9(10)12(15(14)16)8-13-11(14)6-7-17-13/h2-7,12,16H,8H2,1H3. The first kappa shape index (κ1) is 9.83. The van der Waals surface area contributed by atoms with Gasteiger partial charge in [0.2, 0.25) is 0 Å². The van der Waals surface area contributed by atoms with Gasteiger partial charge in [0.05, 0.1) is 11.6 Å². The second-order valence-corrected chi connectivity index (χ2v) is 5.98. The van der Waals surface area contributed by atoms with Crippen molar-refractivity contribution in [3.63, 3.8) is 0 Å². The van der Waals surface area contributed by atoms with Gasteiger partial charge in [0.15, 0.2) is 0 Å². The molecule has 17 heavy (non-hydrogen) atoms. The van der Waals surface area contributed by atoms with Crippen LogP contribution in [0.2, 0.25) is 0 Å². The molecule has 4 rings (SSSR count). The molecule has 0 saturated heterocycles. The number of thiophene rings is 1. The lowest BCUT2D eigenvalue weighted by Crippen LogP contribution is -2.42. The van der Waals surface area contributed by atoms with Crippen molar-refractivity contribution in [3.8, 4) is 0 Å². The zero-order valence-corrected chi connectivity index (χ0v) is 10.4. The van der Waals surface area contributed by atoms with Gasteiger partial charge < -0.3 is 5.21 Å². The number of hydroxylamine groups is 2. The van der Waals surface area contributed by atoms with Crippen LogP contribution in [0.1, 0.15) is 34.5 Å². The van der Waals surface area contributed by atoms with Gasteiger partial charge in [-0.1, -0.05) is 24.3 Å². The molecule has 3 heteroatoms. The van der Waals surface area contributed by atoms with E-state index in [-0.39, 0.29) is 11.6 Å². The quantitative estimate of drug-likeness (QED) is 0.767. The van der Waals surface area contributed by atoms with Crippen LogP contribution in [0.5, 0.6) is 0 Å². The number of hydrogen-bond acceptors (Lipinski definition) is 3. The molecular formula is C14H13NOS. The van der Waals surface area contributed by atoms with E-state index in [9.17, 15) is 5.21 Å². The predicted octanol–water partition coefficient (Wildman–Crippen LogP) is 3.31. The van der Waals surface area contributed by atoms with E-state index in [1.165, 1.54) is 21.6 Å². The average Bonchev–Trinajstić information content (AvgIpc) is 2.87. The lowest BCUT2D eigenvalue weighted by Gasteiger charge is -2.38. The second-order valence-electron chi connectivity index (χ2n) is 4.98. The number of fused-ring (bicyclic) bond motifs is 7. The second kappa shape index (κ2) is 2.99. The Hall–Kier alpha value is -1.16. The summed E-state index contributed by atoms with van der Waals surface area (Å²) in [6.45, 7) is 2.12. The molecule has 86 valence electrons. The smallest absolute Gasteiger partial charge is 0.0950 e. The van der Waals surface area contributed by atoms with E-state index in [4.69, 9.17) is 0 Å². The Bertz CT molecular complexity index is 606. The van der Waals surface area contributed by atoms with Gasteiger partial charge in [0.1, 0.15) is 0 Å². The van der Waals surface area contributed by atoms with Crippen LogP contribution < -0.4 is 0 Å². The van der Waals surface area contributed by atoms with E-state index < -0.39 is 0 Å². The molecule has 0 fully saturated rings. The Balaban J connectivity index is 2.09. The van der Waals surface area contributed by atoms with Crippen LogP contribution >= 0.6 is 11.3 Å². The van der Waals surface area contributed by atoms with Crippen LogP contribution in [0.15, 0.2) is 35.7 Å². The summed E-state index contributed by atoms with van der Waals surface area (Å²) in [5, 5.41) is 14.2. The van der Waals surface area contributed by atoms with Crippen molar-refractivity contribution in [1.82, 2.24) is 5.06 Å². The van der Waals surface area contributed by atoms with E-state index in [1.54, 1.807) is 16.4 Å². The topological polar surface area (TPSA) is 23.5 Å². The minimum atomic E-state index is -0.352. The molecule has 1 N–H and O–H groups in total. The molecule has 2 aliphatic rings. The minimum Gasteiger partial charge on any atom is -0.312 e. The predicted molar refractivity (Wildman–Crippen MR) is 67.3 cm³/mol. The molecule has 1 aromatic carbocycles. The first-order chi connectivity index (χ1) is 8.23. The van der Waals surface area contributed by atoms with Gasteiger partial charge in [-0.15, -0.1) is 11.3 Å². The van der Waals surface area contributed by atoms with Crippen molar-refractivity contribution in [2.24, 2.45) is 0 Å². The minimum absolute atomic E-state index is 0.127. The third-order valence-corrected chi connectivity index (χ3v) is 5.19. The number of hydrogen-bond donors (Lipinski definition) is 1. The third kappa shape index (κ3) is 0.985. The lowest BCUT2D eigenvalue weighted by atomic mass is 9.85. The molecule has 3 heterocycles. The Morgan fingerprint density at radius 2 is 2.12 bits per heavy atom. The van der Waals surface area contributed by atoms with E-state index in [1.807, 2.05) is 0 Å². The Labute approximate surface area is 104 Å². The van der Waals surface area contributed by atoms with Gasteiger partial charge in [-0.3, -0.25) is 0 Å². The normalized spacial score (nSPS) is 30.1. The van der Waals surface area contributed by atoms with Crippen molar-refractivity contribution in [2.75, 3.05) is 0 Å². The zero-order valence-electron chi connectivity index (χ0n) is 9.55. The van der Waals surface area contributed by atoms with Gasteiger partial charge in [-0.05, 0) is 35.1 Å². The zero-order chi connectivity index (χ0) is 11.6. The van der Waals surface area contributed by atoms with Crippen LogP contribution in [0.3, 0.4) is 0 Å². The summed E-state index contributed by atoms with van der Waals surface area (Å²) in [5.74, 6) is 0. The van der Waals surface area contributed by atoms with Crippen LogP contribution in [0, 0.1) is 0 Å². The van der Waals surface area contributed by atoms with Crippen molar-refractivity contribution < 1.29 is 5.21 Å². The van der Waals surface area contributed by atoms with E-state index >= 15 is 0 Å². The molecule has 2 unspecified atom stereocenters. The summed E-state index contributed by atoms with van der Waals surface area (Å²) in [5.41, 5.74) is 3.45. The highest BCUT2D eigenvalue weighted by Gasteiger charge is 2.52. The molecule has 2 atom stereocenters. The summed E-state index contributed by atoms with van der Waals surface area (Å²) >= 11 is 1.81. The fourth-order valence-corrected chi connectivity index (χ4v) is 4.39. The molecule has 2 aromatic rings. The monoisotopic (exact) mass is 243 g/mol. The summed E-state index contributed by atoms with van der Waals surface area (Å²) in [6.07, 6.45) is 0.927. The van der Waals surface area contributed by atoms with Gasteiger partial charge in [-0.2, -0.15) is 5.06 Å². The van der Waals surface area contributed by atoms with E-state index in [0.717, 1.165) is 6.42 Å².